The van der Waals surface area contributed by atoms with Crippen LogP contribution < -0.4 is 15.4 Å². The number of aryl methyl sites for hydroxylation is 1. The zero-order valence-corrected chi connectivity index (χ0v) is 13.2. The Morgan fingerprint density at radius 2 is 1.65 bits per heavy atom. The molecular formula is C16H15N3O3S. The van der Waals surface area contributed by atoms with Gasteiger partial charge in [0.15, 0.2) is 0 Å². The predicted octanol–water partition coefficient (Wildman–Crippen LogP) is 2.30. The molecule has 0 heterocycles. The monoisotopic (exact) mass is 329 g/mol. The van der Waals surface area contributed by atoms with E-state index in [1.54, 1.807) is 31.2 Å². The van der Waals surface area contributed by atoms with Gasteiger partial charge in [0.25, 0.3) is 5.91 Å². The maximum atomic E-state index is 12.1. The fraction of sp³-hybridized carbons (Fsp3) is 0.0625. The van der Waals surface area contributed by atoms with E-state index in [-0.39, 0.29) is 0 Å². The lowest BCUT2D eigenvalue weighted by Crippen LogP contribution is -2.38. The molecule has 0 unspecified atom stereocenters. The highest BCUT2D eigenvalue weighted by molar-refractivity contribution is 7.82. The molecule has 2 aromatic rings. The summed E-state index contributed by atoms with van der Waals surface area (Å²) in [6, 6.07) is 12.2. The Balaban J connectivity index is 2.09. The molecule has 6 nitrogen and oxygen atoms in total. The topological polar surface area (TPSA) is 92.5 Å². The minimum absolute atomic E-state index is 0.312. The number of nitrogens with zero attached hydrogens (tertiary/aromatic N) is 1. The van der Waals surface area contributed by atoms with Gasteiger partial charge in [0.05, 0.1) is 5.69 Å². The minimum atomic E-state index is -0.701. The van der Waals surface area contributed by atoms with Crippen LogP contribution in [0.2, 0.25) is 0 Å². The molecule has 0 aromatic heterocycles. The standard InChI is InChI=1S/C16H15N3O3S/c1-10-4-2-3-5-13(10)15(21)18-16(22)19(23)12-8-6-11(7-9-12)14(17)20/h2-9,23H,1H3,(H2,17,20)(H,18,21,22). The van der Waals surface area contributed by atoms with Gasteiger partial charge in [0, 0.05) is 11.1 Å². The summed E-state index contributed by atoms with van der Waals surface area (Å²) in [5.74, 6) is -1.08. The van der Waals surface area contributed by atoms with E-state index in [0.29, 0.717) is 16.8 Å². The first-order valence-corrected chi connectivity index (χ1v) is 7.10. The molecule has 7 heteroatoms. The van der Waals surface area contributed by atoms with E-state index in [0.717, 1.165) is 9.87 Å². The quantitative estimate of drug-likeness (QED) is 0.754. The molecule has 4 amide bonds. The van der Waals surface area contributed by atoms with E-state index in [9.17, 15) is 14.4 Å². The van der Waals surface area contributed by atoms with Gasteiger partial charge in [-0.3, -0.25) is 14.9 Å². The molecule has 2 aromatic carbocycles. The molecule has 118 valence electrons. The molecule has 0 spiro atoms. The number of amides is 4. The smallest absolute Gasteiger partial charge is 0.338 e. The number of carbonyl (C=O) groups excluding carboxylic acids is 3. The van der Waals surface area contributed by atoms with Crippen LogP contribution in [-0.2, 0) is 0 Å². The van der Waals surface area contributed by atoms with Crippen molar-refractivity contribution in [2.45, 2.75) is 6.92 Å². The van der Waals surface area contributed by atoms with Crippen molar-refractivity contribution in [3.05, 3.63) is 65.2 Å². The second-order valence-electron chi connectivity index (χ2n) is 4.80. The number of carbonyl (C=O) groups is 3. The van der Waals surface area contributed by atoms with E-state index >= 15 is 0 Å². The summed E-state index contributed by atoms with van der Waals surface area (Å²) < 4.78 is 0.973. The molecule has 0 fully saturated rings. The molecule has 2 rings (SSSR count). The van der Waals surface area contributed by atoms with E-state index in [2.05, 4.69) is 18.1 Å². The second-order valence-corrected chi connectivity index (χ2v) is 5.20. The maximum Gasteiger partial charge on any atom is 0.338 e. The third kappa shape index (κ3) is 3.89. The average molecular weight is 329 g/mol. The number of nitrogens with two attached hydrogens (primary N) is 1. The van der Waals surface area contributed by atoms with Crippen molar-refractivity contribution < 1.29 is 14.4 Å². The van der Waals surface area contributed by atoms with Gasteiger partial charge in [-0.15, -0.1) is 0 Å². The molecule has 0 aliphatic carbocycles. The zero-order chi connectivity index (χ0) is 17.0. The summed E-state index contributed by atoms with van der Waals surface area (Å²) >= 11 is 4.07. The SMILES string of the molecule is Cc1ccccc1C(=O)NC(=O)N(S)c1ccc(C(N)=O)cc1. The summed E-state index contributed by atoms with van der Waals surface area (Å²) in [7, 11) is 0. The number of rotatable bonds is 3. The number of urea groups is 1. The minimum Gasteiger partial charge on any atom is -0.366 e. The largest absolute Gasteiger partial charge is 0.366 e. The van der Waals surface area contributed by atoms with Crippen LogP contribution >= 0.6 is 12.8 Å². The Hall–Kier alpha value is -2.80. The van der Waals surface area contributed by atoms with Crippen molar-refractivity contribution in [2.75, 3.05) is 4.31 Å². The summed E-state index contributed by atoms with van der Waals surface area (Å²) in [6.45, 7) is 1.78. The van der Waals surface area contributed by atoms with Gasteiger partial charge in [-0.05, 0) is 42.8 Å². The average Bonchev–Trinajstić information content (AvgIpc) is 2.54. The van der Waals surface area contributed by atoms with Crippen LogP contribution in [0.1, 0.15) is 26.3 Å². The number of benzene rings is 2. The lowest BCUT2D eigenvalue weighted by Gasteiger charge is -2.16. The maximum absolute atomic E-state index is 12.1. The van der Waals surface area contributed by atoms with Gasteiger partial charge in [-0.25, -0.2) is 9.10 Å². The Kier molecular flexibility index (Phi) is 5.02. The number of imide groups is 1. The highest BCUT2D eigenvalue weighted by atomic mass is 32.1. The normalized spacial score (nSPS) is 10.0. The van der Waals surface area contributed by atoms with Gasteiger partial charge in [-0.2, -0.15) is 0 Å². The Morgan fingerprint density at radius 1 is 1.04 bits per heavy atom. The van der Waals surface area contributed by atoms with E-state index in [1.165, 1.54) is 24.3 Å². The predicted molar refractivity (Wildman–Crippen MR) is 90.5 cm³/mol. The molecular weight excluding hydrogens is 314 g/mol. The molecule has 0 saturated heterocycles. The molecule has 0 aliphatic heterocycles. The summed E-state index contributed by atoms with van der Waals surface area (Å²) in [4.78, 5) is 35.2. The number of anilines is 1. The van der Waals surface area contributed by atoms with Crippen molar-refractivity contribution in [3.8, 4) is 0 Å². The fourth-order valence-electron chi connectivity index (χ4n) is 1.93. The van der Waals surface area contributed by atoms with Crippen molar-refractivity contribution in [3.63, 3.8) is 0 Å². The van der Waals surface area contributed by atoms with Crippen molar-refractivity contribution >= 4 is 36.3 Å². The van der Waals surface area contributed by atoms with Crippen molar-refractivity contribution in [1.29, 1.82) is 0 Å². The van der Waals surface area contributed by atoms with Gasteiger partial charge < -0.3 is 5.73 Å². The number of primary amides is 1. The number of thiol groups is 1. The molecule has 0 atom stereocenters. The van der Waals surface area contributed by atoms with Crippen LogP contribution in [0.5, 0.6) is 0 Å². The molecule has 0 saturated carbocycles. The van der Waals surface area contributed by atoms with Gasteiger partial charge in [0.2, 0.25) is 5.91 Å². The lowest BCUT2D eigenvalue weighted by molar-refractivity contribution is 0.0963. The van der Waals surface area contributed by atoms with Crippen LogP contribution in [0.4, 0.5) is 10.5 Å². The first kappa shape index (κ1) is 16.6. The van der Waals surface area contributed by atoms with Crippen LogP contribution in [0.15, 0.2) is 48.5 Å². The number of hydrogen-bond donors (Lipinski definition) is 3. The van der Waals surface area contributed by atoms with E-state index < -0.39 is 17.8 Å². The Labute approximate surface area is 138 Å². The summed E-state index contributed by atoms with van der Waals surface area (Å²) in [5, 5.41) is 2.25. The highest BCUT2D eigenvalue weighted by Gasteiger charge is 2.17. The first-order chi connectivity index (χ1) is 10.9. The number of nitrogens with one attached hydrogen (secondary N) is 1. The third-order valence-corrected chi connectivity index (χ3v) is 3.61. The van der Waals surface area contributed by atoms with Gasteiger partial charge in [-0.1, -0.05) is 31.0 Å². The van der Waals surface area contributed by atoms with Crippen LogP contribution in [0.3, 0.4) is 0 Å². The molecule has 0 radical (unpaired) electrons. The molecule has 0 bridgehead atoms. The highest BCUT2D eigenvalue weighted by Crippen LogP contribution is 2.17. The van der Waals surface area contributed by atoms with Crippen LogP contribution in [0, 0.1) is 6.92 Å². The Morgan fingerprint density at radius 3 is 2.22 bits per heavy atom. The van der Waals surface area contributed by atoms with Crippen molar-refractivity contribution in [2.24, 2.45) is 5.73 Å². The first-order valence-electron chi connectivity index (χ1n) is 6.70. The zero-order valence-electron chi connectivity index (χ0n) is 12.3. The molecule has 3 N–H and O–H groups in total. The molecule has 0 aliphatic rings. The number of hydrogen-bond acceptors (Lipinski definition) is 4. The lowest BCUT2D eigenvalue weighted by atomic mass is 10.1. The molecule has 23 heavy (non-hydrogen) atoms. The fourth-order valence-corrected chi connectivity index (χ4v) is 2.11. The van der Waals surface area contributed by atoms with Gasteiger partial charge in [0.1, 0.15) is 0 Å². The Bertz CT molecular complexity index is 759. The van der Waals surface area contributed by atoms with Crippen LogP contribution in [-0.4, -0.2) is 17.8 Å². The van der Waals surface area contributed by atoms with E-state index in [1.807, 2.05) is 0 Å². The van der Waals surface area contributed by atoms with E-state index in [4.69, 9.17) is 5.73 Å². The van der Waals surface area contributed by atoms with Crippen LogP contribution in [0.25, 0.3) is 0 Å². The summed E-state index contributed by atoms with van der Waals surface area (Å²) in [6.07, 6.45) is 0. The van der Waals surface area contributed by atoms with Gasteiger partial charge >= 0.3 is 6.03 Å². The second kappa shape index (κ2) is 6.97. The summed E-state index contributed by atoms with van der Waals surface area (Å²) in [5.41, 5.74) is 7.02. The van der Waals surface area contributed by atoms with Crippen molar-refractivity contribution in [1.82, 2.24) is 5.32 Å². The third-order valence-electron chi connectivity index (χ3n) is 3.20.